The van der Waals surface area contributed by atoms with Crippen LogP contribution < -0.4 is 14.8 Å². The standard InChI is InChI=1S/C21H22N2O4/c1-4-17-15-11-19(27-3)18(26-2)10-14(15)16(21(25)23-17)12-20(24)22-13-8-6-5-7-9-13/h5-11,16H,4,12H2,1-3H3,(H,22,24)/t16-/m0/s1. The smallest absolute Gasteiger partial charge is 0.254 e. The maximum absolute atomic E-state index is 12.6. The zero-order chi connectivity index (χ0) is 19.4. The Morgan fingerprint density at radius 1 is 1.11 bits per heavy atom. The van der Waals surface area contributed by atoms with E-state index in [9.17, 15) is 9.59 Å². The number of anilines is 1. The molecule has 0 bridgehead atoms. The lowest BCUT2D eigenvalue weighted by molar-refractivity contribution is -0.123. The topological polar surface area (TPSA) is 77.0 Å². The highest BCUT2D eigenvalue weighted by molar-refractivity contribution is 6.13. The lowest BCUT2D eigenvalue weighted by atomic mass is 9.85. The monoisotopic (exact) mass is 366 g/mol. The molecule has 0 saturated heterocycles. The van der Waals surface area contributed by atoms with Crippen molar-refractivity contribution >= 4 is 23.2 Å². The minimum Gasteiger partial charge on any atom is -0.493 e. The summed E-state index contributed by atoms with van der Waals surface area (Å²) in [6, 6.07) is 12.8. The van der Waals surface area contributed by atoms with Crippen LogP contribution in [0.25, 0.3) is 0 Å². The van der Waals surface area contributed by atoms with Gasteiger partial charge in [-0.3, -0.25) is 9.59 Å². The number of nitrogens with zero attached hydrogens (tertiary/aromatic N) is 1. The molecule has 1 heterocycles. The van der Waals surface area contributed by atoms with E-state index >= 15 is 0 Å². The fraction of sp³-hybridized carbons (Fsp3) is 0.286. The first kappa shape index (κ1) is 18.6. The molecule has 0 unspecified atom stereocenters. The second-order valence-corrected chi connectivity index (χ2v) is 6.22. The van der Waals surface area contributed by atoms with Gasteiger partial charge in [-0.2, -0.15) is 0 Å². The quantitative estimate of drug-likeness (QED) is 0.848. The largest absolute Gasteiger partial charge is 0.493 e. The van der Waals surface area contributed by atoms with Crippen molar-refractivity contribution < 1.29 is 19.1 Å². The lowest BCUT2D eigenvalue weighted by Gasteiger charge is -2.24. The van der Waals surface area contributed by atoms with Crippen molar-refractivity contribution in [1.82, 2.24) is 0 Å². The van der Waals surface area contributed by atoms with E-state index in [-0.39, 0.29) is 18.2 Å². The van der Waals surface area contributed by atoms with E-state index in [2.05, 4.69) is 10.3 Å². The van der Waals surface area contributed by atoms with Crippen molar-refractivity contribution in [3.63, 3.8) is 0 Å². The summed E-state index contributed by atoms with van der Waals surface area (Å²) in [6.45, 7) is 1.94. The summed E-state index contributed by atoms with van der Waals surface area (Å²) >= 11 is 0. The molecule has 1 N–H and O–H groups in total. The fourth-order valence-corrected chi connectivity index (χ4v) is 3.22. The summed E-state index contributed by atoms with van der Waals surface area (Å²) in [5.74, 6) is -0.113. The number of rotatable bonds is 6. The number of ether oxygens (including phenoxy) is 2. The Labute approximate surface area is 158 Å². The Morgan fingerprint density at radius 2 is 1.78 bits per heavy atom. The molecule has 2 amide bonds. The van der Waals surface area contributed by atoms with Gasteiger partial charge in [-0.15, -0.1) is 0 Å². The number of nitrogens with one attached hydrogen (secondary N) is 1. The average molecular weight is 366 g/mol. The van der Waals surface area contributed by atoms with Crippen molar-refractivity contribution in [3.8, 4) is 11.5 Å². The fourth-order valence-electron chi connectivity index (χ4n) is 3.22. The Bertz CT molecular complexity index is 891. The first-order valence-electron chi connectivity index (χ1n) is 8.80. The van der Waals surface area contributed by atoms with Crippen LogP contribution in [0.1, 0.15) is 36.8 Å². The third kappa shape index (κ3) is 3.84. The number of fused-ring (bicyclic) bond motifs is 1. The number of para-hydroxylation sites is 1. The van der Waals surface area contributed by atoms with E-state index in [1.807, 2.05) is 31.2 Å². The highest BCUT2D eigenvalue weighted by Gasteiger charge is 2.32. The highest BCUT2D eigenvalue weighted by Crippen LogP contribution is 2.38. The van der Waals surface area contributed by atoms with Gasteiger partial charge in [0.2, 0.25) is 5.91 Å². The SMILES string of the molecule is CCC1=NC(=O)[C@@H](CC(=O)Nc2ccccc2)c2cc(OC)c(OC)cc21. The summed E-state index contributed by atoms with van der Waals surface area (Å²) in [5.41, 5.74) is 2.95. The van der Waals surface area contributed by atoms with Gasteiger partial charge in [0.05, 0.1) is 25.8 Å². The predicted octanol–water partition coefficient (Wildman–Crippen LogP) is 3.56. The van der Waals surface area contributed by atoms with Gasteiger partial charge in [0, 0.05) is 17.7 Å². The van der Waals surface area contributed by atoms with Gasteiger partial charge in [0.25, 0.3) is 5.91 Å². The average Bonchev–Trinajstić information content (AvgIpc) is 2.69. The molecule has 1 atom stereocenters. The minimum atomic E-state index is -0.654. The van der Waals surface area contributed by atoms with Crippen molar-refractivity contribution in [2.45, 2.75) is 25.7 Å². The van der Waals surface area contributed by atoms with Gasteiger partial charge in [0.15, 0.2) is 11.5 Å². The molecule has 1 aliphatic heterocycles. The normalized spacial score (nSPS) is 15.6. The van der Waals surface area contributed by atoms with Gasteiger partial charge in [0.1, 0.15) is 0 Å². The summed E-state index contributed by atoms with van der Waals surface area (Å²) < 4.78 is 10.8. The van der Waals surface area contributed by atoms with E-state index in [0.29, 0.717) is 29.3 Å². The lowest BCUT2D eigenvalue weighted by Crippen LogP contribution is -2.26. The molecule has 6 heteroatoms. The van der Waals surface area contributed by atoms with Crippen LogP contribution in [0.4, 0.5) is 5.69 Å². The maximum atomic E-state index is 12.6. The van der Waals surface area contributed by atoms with Gasteiger partial charge in [-0.25, -0.2) is 4.99 Å². The van der Waals surface area contributed by atoms with Gasteiger partial charge in [-0.1, -0.05) is 25.1 Å². The van der Waals surface area contributed by atoms with Crippen LogP contribution in [0.3, 0.4) is 0 Å². The van der Waals surface area contributed by atoms with E-state index in [0.717, 1.165) is 11.1 Å². The number of amides is 2. The van der Waals surface area contributed by atoms with Crippen LogP contribution in [0, 0.1) is 0 Å². The van der Waals surface area contributed by atoms with Crippen molar-refractivity contribution in [1.29, 1.82) is 0 Å². The van der Waals surface area contributed by atoms with Crippen LogP contribution in [0.2, 0.25) is 0 Å². The number of hydrogen-bond donors (Lipinski definition) is 1. The molecule has 2 aromatic carbocycles. The van der Waals surface area contributed by atoms with Gasteiger partial charge in [-0.05, 0) is 36.2 Å². The second-order valence-electron chi connectivity index (χ2n) is 6.22. The first-order valence-corrected chi connectivity index (χ1v) is 8.80. The van der Waals surface area contributed by atoms with Gasteiger partial charge >= 0.3 is 0 Å². The van der Waals surface area contributed by atoms with Crippen LogP contribution in [-0.4, -0.2) is 31.7 Å². The summed E-state index contributed by atoms with van der Waals surface area (Å²) in [5, 5.41) is 2.82. The molecule has 0 spiro atoms. The number of carbonyl (C=O) groups is 2. The van der Waals surface area contributed by atoms with Crippen LogP contribution in [0.5, 0.6) is 11.5 Å². The third-order valence-corrected chi connectivity index (χ3v) is 4.57. The number of methoxy groups -OCH3 is 2. The first-order chi connectivity index (χ1) is 13.1. The molecule has 2 aromatic rings. The van der Waals surface area contributed by atoms with E-state index in [1.165, 1.54) is 0 Å². The Balaban J connectivity index is 1.94. The van der Waals surface area contributed by atoms with Crippen LogP contribution in [-0.2, 0) is 9.59 Å². The predicted molar refractivity (Wildman–Crippen MR) is 104 cm³/mol. The number of aliphatic imine (C=N–C) groups is 1. The molecule has 0 saturated carbocycles. The van der Waals surface area contributed by atoms with Crippen LogP contribution >= 0.6 is 0 Å². The second kappa shape index (κ2) is 8.03. The molecule has 0 fully saturated rings. The summed E-state index contributed by atoms with van der Waals surface area (Å²) in [6.07, 6.45) is 0.619. The molecular weight excluding hydrogens is 344 g/mol. The molecule has 3 rings (SSSR count). The minimum absolute atomic E-state index is 0.0106. The van der Waals surface area contributed by atoms with Gasteiger partial charge < -0.3 is 14.8 Å². The van der Waals surface area contributed by atoms with Crippen LogP contribution in [0.15, 0.2) is 47.5 Å². The molecule has 27 heavy (non-hydrogen) atoms. The molecule has 6 nitrogen and oxygen atoms in total. The molecule has 140 valence electrons. The number of carbonyl (C=O) groups excluding carboxylic acids is 2. The maximum Gasteiger partial charge on any atom is 0.254 e. The summed E-state index contributed by atoms with van der Waals surface area (Å²) in [4.78, 5) is 29.3. The van der Waals surface area contributed by atoms with E-state index < -0.39 is 5.92 Å². The Kier molecular flexibility index (Phi) is 5.54. The molecule has 0 aliphatic carbocycles. The number of hydrogen-bond acceptors (Lipinski definition) is 4. The molecule has 0 radical (unpaired) electrons. The number of benzene rings is 2. The highest BCUT2D eigenvalue weighted by atomic mass is 16.5. The molecule has 1 aliphatic rings. The Hall–Kier alpha value is -3.15. The third-order valence-electron chi connectivity index (χ3n) is 4.57. The van der Waals surface area contributed by atoms with E-state index in [1.54, 1.807) is 32.4 Å². The van der Waals surface area contributed by atoms with Crippen molar-refractivity contribution in [2.24, 2.45) is 4.99 Å². The zero-order valence-electron chi connectivity index (χ0n) is 15.6. The van der Waals surface area contributed by atoms with Crippen molar-refractivity contribution in [2.75, 3.05) is 19.5 Å². The van der Waals surface area contributed by atoms with E-state index in [4.69, 9.17) is 9.47 Å². The Morgan fingerprint density at radius 3 is 2.41 bits per heavy atom. The van der Waals surface area contributed by atoms with Crippen molar-refractivity contribution in [3.05, 3.63) is 53.6 Å². The molecular formula is C21H22N2O4. The molecule has 0 aromatic heterocycles. The zero-order valence-corrected chi connectivity index (χ0v) is 15.6. The summed E-state index contributed by atoms with van der Waals surface area (Å²) in [7, 11) is 3.10.